The second kappa shape index (κ2) is 4.11. The third-order valence-corrected chi connectivity index (χ3v) is 1.55. The van der Waals surface area contributed by atoms with E-state index in [9.17, 15) is 4.79 Å². The second-order valence-electron chi connectivity index (χ2n) is 2.39. The first-order valence-electron chi connectivity index (χ1n) is 3.58. The number of nitrogens with two attached hydrogens (primary N) is 1. The van der Waals surface area contributed by atoms with Gasteiger partial charge in [-0.2, -0.15) is 0 Å². The van der Waals surface area contributed by atoms with Crippen LogP contribution in [-0.4, -0.2) is 11.1 Å². The summed E-state index contributed by atoms with van der Waals surface area (Å²) in [6.07, 6.45) is 0. The van der Waals surface area contributed by atoms with Crippen LogP contribution in [0.25, 0.3) is 0 Å². The molecule has 1 rings (SSSR count). The van der Waals surface area contributed by atoms with E-state index in [-0.39, 0.29) is 5.91 Å². The minimum absolute atomic E-state index is 0.389. The topological polar surface area (TPSA) is 55.6 Å². The highest BCUT2D eigenvalue weighted by Crippen LogP contribution is 2.17. The van der Waals surface area contributed by atoms with E-state index in [0.717, 1.165) is 0 Å². The van der Waals surface area contributed by atoms with E-state index in [0.29, 0.717) is 15.9 Å². The lowest BCUT2D eigenvalue weighted by Gasteiger charge is -2.14. The number of amides is 1. The monoisotopic (exact) mass is 200 g/mol. The van der Waals surface area contributed by atoms with Crippen LogP contribution in [0, 0.1) is 0 Å². The van der Waals surface area contributed by atoms with Crippen LogP contribution < -0.4 is 10.7 Å². The van der Waals surface area contributed by atoms with Crippen molar-refractivity contribution < 1.29 is 9.63 Å². The van der Waals surface area contributed by atoms with Crippen LogP contribution in [-0.2, 0) is 4.79 Å². The van der Waals surface area contributed by atoms with Gasteiger partial charge in [0.15, 0.2) is 5.75 Å². The van der Waals surface area contributed by atoms with Gasteiger partial charge in [0.1, 0.15) is 0 Å². The highest BCUT2D eigenvalue weighted by atomic mass is 35.5. The zero-order valence-electron chi connectivity index (χ0n) is 7.03. The fourth-order valence-corrected chi connectivity index (χ4v) is 0.882. The zero-order valence-corrected chi connectivity index (χ0v) is 7.78. The molecule has 5 heteroatoms. The van der Waals surface area contributed by atoms with E-state index >= 15 is 0 Å². The predicted molar refractivity (Wildman–Crippen MR) is 48.8 cm³/mol. The summed E-state index contributed by atoms with van der Waals surface area (Å²) in [6.45, 7) is 1.30. The van der Waals surface area contributed by atoms with Crippen LogP contribution >= 0.6 is 11.6 Å². The molecule has 0 saturated carbocycles. The summed E-state index contributed by atoms with van der Waals surface area (Å²) in [6, 6.07) is 6.60. The van der Waals surface area contributed by atoms with Gasteiger partial charge in [0.2, 0.25) is 0 Å². The molecule has 0 aliphatic carbocycles. The van der Waals surface area contributed by atoms with Crippen molar-refractivity contribution in [1.29, 1.82) is 0 Å². The average Bonchev–Trinajstić information content (AvgIpc) is 2.04. The molecule has 0 aromatic heterocycles. The molecule has 0 unspecified atom stereocenters. The summed E-state index contributed by atoms with van der Waals surface area (Å²) in [5.41, 5.74) is 0. The Balaban J connectivity index is 2.69. The Hall–Kier alpha value is -1.26. The summed E-state index contributed by atoms with van der Waals surface area (Å²) in [7, 11) is 0. The van der Waals surface area contributed by atoms with E-state index in [1.54, 1.807) is 24.3 Å². The van der Waals surface area contributed by atoms with Gasteiger partial charge < -0.3 is 4.84 Å². The maximum atomic E-state index is 10.7. The Morgan fingerprint density at radius 1 is 1.62 bits per heavy atom. The van der Waals surface area contributed by atoms with Crippen molar-refractivity contribution in [2.24, 2.45) is 5.84 Å². The quantitative estimate of drug-likeness (QED) is 0.446. The van der Waals surface area contributed by atoms with E-state index in [2.05, 4.69) is 0 Å². The maximum Gasteiger partial charge on any atom is 0.269 e. The summed E-state index contributed by atoms with van der Waals surface area (Å²) in [5.74, 6) is 5.25. The lowest BCUT2D eigenvalue weighted by atomic mass is 10.3. The Kier molecular flexibility index (Phi) is 3.11. The molecule has 1 aromatic carbocycles. The standard InChI is InChI=1S/C8H9ClN2O2/c1-6(12)11(10)13-8-4-2-3-7(9)5-8/h2-5H,10H2,1H3. The first kappa shape index (κ1) is 9.83. The Labute approximate surface area is 80.8 Å². The van der Waals surface area contributed by atoms with Crippen LogP contribution in [0.15, 0.2) is 24.3 Å². The normalized spacial score (nSPS) is 9.46. The number of hydrogen-bond donors (Lipinski definition) is 1. The van der Waals surface area contributed by atoms with E-state index in [1.165, 1.54) is 6.92 Å². The zero-order chi connectivity index (χ0) is 9.84. The SMILES string of the molecule is CC(=O)N(N)Oc1cccc(Cl)c1. The largest absolute Gasteiger partial charge is 0.361 e. The fourth-order valence-electron chi connectivity index (χ4n) is 0.702. The van der Waals surface area contributed by atoms with Crippen LogP contribution in [0.4, 0.5) is 0 Å². The van der Waals surface area contributed by atoms with Crippen LogP contribution in [0.5, 0.6) is 5.75 Å². The number of rotatable bonds is 2. The van der Waals surface area contributed by atoms with E-state index in [1.807, 2.05) is 0 Å². The van der Waals surface area contributed by atoms with Gasteiger partial charge in [0.05, 0.1) is 0 Å². The van der Waals surface area contributed by atoms with Gasteiger partial charge in [0, 0.05) is 18.0 Å². The summed E-state index contributed by atoms with van der Waals surface area (Å²) < 4.78 is 0. The van der Waals surface area contributed by atoms with Gasteiger partial charge >= 0.3 is 0 Å². The number of hydrazine groups is 1. The van der Waals surface area contributed by atoms with Gasteiger partial charge in [-0.1, -0.05) is 17.7 Å². The van der Waals surface area contributed by atoms with Crippen LogP contribution in [0.1, 0.15) is 6.92 Å². The molecule has 0 aliphatic rings. The van der Waals surface area contributed by atoms with Crippen molar-refractivity contribution >= 4 is 17.5 Å². The number of carbonyl (C=O) groups is 1. The molecule has 0 aliphatic heterocycles. The lowest BCUT2D eigenvalue weighted by molar-refractivity contribution is -0.155. The lowest BCUT2D eigenvalue weighted by Crippen LogP contribution is -2.38. The molecule has 0 spiro atoms. The minimum Gasteiger partial charge on any atom is -0.361 e. The number of hydrogen-bond acceptors (Lipinski definition) is 3. The predicted octanol–water partition coefficient (Wildman–Crippen LogP) is 1.36. The van der Waals surface area contributed by atoms with Gasteiger partial charge in [-0.3, -0.25) is 4.79 Å². The molecular weight excluding hydrogens is 192 g/mol. The molecule has 0 radical (unpaired) electrons. The molecule has 0 bridgehead atoms. The molecular formula is C8H9ClN2O2. The fraction of sp³-hybridized carbons (Fsp3) is 0.125. The minimum atomic E-state index is -0.389. The molecule has 0 fully saturated rings. The average molecular weight is 201 g/mol. The molecule has 1 aromatic rings. The van der Waals surface area contributed by atoms with Gasteiger partial charge in [-0.15, -0.1) is 5.17 Å². The third-order valence-electron chi connectivity index (χ3n) is 1.31. The van der Waals surface area contributed by atoms with Crippen molar-refractivity contribution in [3.8, 4) is 5.75 Å². The van der Waals surface area contributed by atoms with Crippen molar-refractivity contribution in [3.63, 3.8) is 0 Å². The van der Waals surface area contributed by atoms with Crippen molar-refractivity contribution in [1.82, 2.24) is 5.17 Å². The number of hydroxylamine groups is 1. The molecule has 2 N–H and O–H groups in total. The highest BCUT2D eigenvalue weighted by molar-refractivity contribution is 6.30. The molecule has 0 atom stereocenters. The summed E-state index contributed by atoms with van der Waals surface area (Å²) in [5, 5.41) is 1.17. The molecule has 1 amide bonds. The Morgan fingerprint density at radius 3 is 2.85 bits per heavy atom. The Morgan fingerprint density at radius 2 is 2.31 bits per heavy atom. The summed E-state index contributed by atoms with van der Waals surface area (Å²) >= 11 is 5.68. The highest BCUT2D eigenvalue weighted by Gasteiger charge is 2.04. The van der Waals surface area contributed by atoms with Crippen molar-refractivity contribution in [2.75, 3.05) is 0 Å². The molecule has 0 saturated heterocycles. The molecule has 13 heavy (non-hydrogen) atoms. The number of halogens is 1. The van der Waals surface area contributed by atoms with E-state index < -0.39 is 0 Å². The Bertz CT molecular complexity index is 317. The van der Waals surface area contributed by atoms with Crippen molar-refractivity contribution in [3.05, 3.63) is 29.3 Å². The second-order valence-corrected chi connectivity index (χ2v) is 2.83. The van der Waals surface area contributed by atoms with Gasteiger partial charge in [-0.05, 0) is 12.1 Å². The summed E-state index contributed by atoms with van der Waals surface area (Å²) in [4.78, 5) is 15.6. The van der Waals surface area contributed by atoms with Crippen LogP contribution in [0.3, 0.4) is 0 Å². The number of benzene rings is 1. The van der Waals surface area contributed by atoms with Gasteiger partial charge in [0.25, 0.3) is 5.91 Å². The van der Waals surface area contributed by atoms with Crippen molar-refractivity contribution in [2.45, 2.75) is 6.92 Å². The molecule has 0 heterocycles. The first-order chi connectivity index (χ1) is 6.09. The molecule has 4 nitrogen and oxygen atoms in total. The number of carbonyl (C=O) groups excluding carboxylic acids is 1. The first-order valence-corrected chi connectivity index (χ1v) is 3.96. The smallest absolute Gasteiger partial charge is 0.269 e. The van der Waals surface area contributed by atoms with E-state index in [4.69, 9.17) is 22.3 Å². The maximum absolute atomic E-state index is 10.7. The molecule has 70 valence electrons. The third kappa shape index (κ3) is 2.93. The number of nitrogens with zero attached hydrogens (tertiary/aromatic N) is 1. The van der Waals surface area contributed by atoms with Gasteiger partial charge in [-0.25, -0.2) is 5.84 Å². The van der Waals surface area contributed by atoms with Crippen LogP contribution in [0.2, 0.25) is 5.02 Å².